The lowest BCUT2D eigenvalue weighted by atomic mass is 9.96. The maximum atomic E-state index is 14.6. The molecular weight excluding hydrogens is 795 g/mol. The molecule has 0 aliphatic carbocycles. The van der Waals surface area contributed by atoms with E-state index >= 15 is 0 Å². The second kappa shape index (κ2) is 14.2. The van der Waals surface area contributed by atoms with Gasteiger partial charge in [-0.15, -0.1) is 0 Å². The van der Waals surface area contributed by atoms with Crippen LogP contribution in [0.4, 0.5) is 26.3 Å². The predicted molar refractivity (Wildman–Crippen MR) is 233 cm³/mol. The third-order valence-corrected chi connectivity index (χ3v) is 11.7. The molecule has 302 valence electrons. The Labute approximate surface area is 351 Å². The average molecular weight is 827 g/mol. The molecule has 0 saturated heterocycles. The third kappa shape index (κ3) is 6.28. The van der Waals surface area contributed by atoms with Gasteiger partial charge in [-0.1, -0.05) is 90.5 Å². The molecule has 62 heavy (non-hydrogen) atoms. The van der Waals surface area contributed by atoms with Gasteiger partial charge in [0.15, 0.2) is 0 Å². The Bertz CT molecular complexity index is 3480. The maximum absolute atomic E-state index is 14.6. The van der Waals surface area contributed by atoms with Crippen LogP contribution in [0.5, 0.6) is 0 Å². The van der Waals surface area contributed by atoms with Crippen molar-refractivity contribution in [1.29, 1.82) is 5.26 Å². The second-order valence-corrected chi connectivity index (χ2v) is 15.5. The first kappa shape index (κ1) is 38.6. The molecule has 0 radical (unpaired) electrons. The molecule has 0 N–H and O–H groups in total. The molecule has 3 heterocycles. The number of pyridine rings is 1. The van der Waals surface area contributed by atoms with Crippen molar-refractivity contribution in [2.24, 2.45) is 0 Å². The minimum Gasteiger partial charge on any atom is -0.308 e. The Kier molecular flexibility index (Phi) is 8.85. The molecule has 3 aromatic heterocycles. The lowest BCUT2D eigenvalue weighted by Crippen LogP contribution is -2.12. The van der Waals surface area contributed by atoms with Gasteiger partial charge in [0, 0.05) is 33.9 Å². The molecule has 0 bridgehead atoms. The summed E-state index contributed by atoms with van der Waals surface area (Å²) in [5.41, 5.74) is 6.96. The van der Waals surface area contributed by atoms with Crippen molar-refractivity contribution in [3.8, 4) is 50.8 Å². The first-order valence-corrected chi connectivity index (χ1v) is 19.7. The fraction of sp³-hybridized carbons (Fsp3) is 0.0769. The number of halogens is 6. The van der Waals surface area contributed by atoms with E-state index < -0.39 is 29.0 Å². The standard InChI is InChI=1S/C52H32F6N4/c1-30-11-15-37(31(2)23-30)33-12-16-41-39-7-3-5-9-45(39)61(47(41)24-33)49-26-35(32-19-21-60-22-20-32)27-50(43(49)29-59)62-46-10-6-4-8-40(46)42-17-13-34(25-48(42)62)38-18-14-36(51(53,54)55)28-44(38)52(56,57)58/h3-28H,1-2H3. The van der Waals surface area contributed by atoms with Crippen molar-refractivity contribution >= 4 is 43.6 Å². The SMILES string of the molecule is Cc1ccc(-c2ccc3c4ccccc4n(-c4cc(-c5ccncc5)cc(-n5c6ccccc6c6ccc(-c7ccc(C(F)(F)F)cc7C(F)(F)F)cc65)c4C#N)c3c2)c(C)c1. The normalized spacial score (nSPS) is 12.2. The van der Waals surface area contributed by atoms with Crippen LogP contribution < -0.4 is 0 Å². The smallest absolute Gasteiger partial charge is 0.308 e. The molecule has 0 aliphatic rings. The Hall–Kier alpha value is -7.64. The van der Waals surface area contributed by atoms with Crippen LogP contribution in [0.25, 0.3) is 88.4 Å². The van der Waals surface area contributed by atoms with Gasteiger partial charge in [-0.2, -0.15) is 31.6 Å². The molecule has 4 nitrogen and oxygen atoms in total. The van der Waals surface area contributed by atoms with E-state index in [1.165, 1.54) is 6.07 Å². The number of hydrogen-bond donors (Lipinski definition) is 0. The molecule has 10 rings (SSSR count). The second-order valence-electron chi connectivity index (χ2n) is 15.5. The Morgan fingerprint density at radius 3 is 1.55 bits per heavy atom. The van der Waals surface area contributed by atoms with Crippen LogP contribution in [0.15, 0.2) is 158 Å². The molecule has 0 atom stereocenters. The van der Waals surface area contributed by atoms with Crippen LogP contribution in [0.1, 0.15) is 27.8 Å². The van der Waals surface area contributed by atoms with Gasteiger partial charge in [0.05, 0.1) is 44.6 Å². The largest absolute Gasteiger partial charge is 0.417 e. The lowest BCUT2D eigenvalue weighted by Gasteiger charge is -2.19. The van der Waals surface area contributed by atoms with E-state index in [0.29, 0.717) is 39.4 Å². The highest BCUT2D eigenvalue weighted by atomic mass is 19.4. The van der Waals surface area contributed by atoms with Gasteiger partial charge in [-0.25, -0.2) is 0 Å². The number of para-hydroxylation sites is 2. The summed E-state index contributed by atoms with van der Waals surface area (Å²) >= 11 is 0. The van der Waals surface area contributed by atoms with Crippen LogP contribution in [0, 0.1) is 25.2 Å². The first-order valence-electron chi connectivity index (χ1n) is 19.7. The molecule has 0 unspecified atom stereocenters. The third-order valence-electron chi connectivity index (χ3n) is 11.7. The fourth-order valence-electron chi connectivity index (χ4n) is 8.93. The lowest BCUT2D eigenvalue weighted by molar-refractivity contribution is -0.142. The summed E-state index contributed by atoms with van der Waals surface area (Å²) in [6, 6.07) is 44.7. The van der Waals surface area contributed by atoms with Crippen molar-refractivity contribution in [2.75, 3.05) is 0 Å². The molecule has 7 aromatic carbocycles. The topological polar surface area (TPSA) is 46.5 Å². The quantitative estimate of drug-likeness (QED) is 0.162. The number of nitriles is 1. The Morgan fingerprint density at radius 1 is 0.484 bits per heavy atom. The zero-order valence-electron chi connectivity index (χ0n) is 33.1. The molecule has 0 spiro atoms. The summed E-state index contributed by atoms with van der Waals surface area (Å²) in [5.74, 6) is 0. The minimum absolute atomic E-state index is 0.0629. The summed E-state index contributed by atoms with van der Waals surface area (Å²) in [5, 5.41) is 14.8. The Balaban J connectivity index is 1.31. The zero-order chi connectivity index (χ0) is 43.1. The van der Waals surface area contributed by atoms with Crippen LogP contribution in [-0.2, 0) is 12.4 Å². The predicted octanol–water partition coefficient (Wildman–Crippen LogP) is 14.8. The van der Waals surface area contributed by atoms with Gasteiger partial charge >= 0.3 is 12.4 Å². The monoisotopic (exact) mass is 826 g/mol. The van der Waals surface area contributed by atoms with Crippen molar-refractivity contribution < 1.29 is 26.3 Å². The van der Waals surface area contributed by atoms with Crippen LogP contribution >= 0.6 is 0 Å². The average Bonchev–Trinajstić information content (AvgIpc) is 3.77. The number of rotatable bonds is 5. The van der Waals surface area contributed by atoms with Gasteiger partial charge in [0.25, 0.3) is 0 Å². The van der Waals surface area contributed by atoms with Crippen molar-refractivity contribution in [3.63, 3.8) is 0 Å². The van der Waals surface area contributed by atoms with Gasteiger partial charge in [0.1, 0.15) is 11.6 Å². The van der Waals surface area contributed by atoms with Crippen molar-refractivity contribution in [3.05, 3.63) is 186 Å². The van der Waals surface area contributed by atoms with E-state index in [0.717, 1.165) is 66.6 Å². The van der Waals surface area contributed by atoms with E-state index in [-0.39, 0.29) is 11.6 Å². The molecule has 10 aromatic rings. The van der Waals surface area contributed by atoms with E-state index in [2.05, 4.69) is 71.9 Å². The first-order chi connectivity index (χ1) is 29.8. The number of aryl methyl sites for hydroxylation is 2. The molecule has 0 fully saturated rings. The van der Waals surface area contributed by atoms with Crippen LogP contribution in [0.3, 0.4) is 0 Å². The maximum Gasteiger partial charge on any atom is 0.417 e. The number of fused-ring (bicyclic) bond motifs is 6. The van der Waals surface area contributed by atoms with Crippen LogP contribution in [0.2, 0.25) is 0 Å². The molecule has 10 heteroatoms. The number of hydrogen-bond acceptors (Lipinski definition) is 2. The van der Waals surface area contributed by atoms with Gasteiger partial charge < -0.3 is 9.13 Å². The van der Waals surface area contributed by atoms with Gasteiger partial charge in [-0.05, 0) is 113 Å². The minimum atomic E-state index is -5.08. The molecule has 0 amide bonds. The molecule has 0 saturated carbocycles. The van der Waals surface area contributed by atoms with E-state index in [9.17, 15) is 31.6 Å². The number of benzene rings is 7. The van der Waals surface area contributed by atoms with Gasteiger partial charge in [-0.3, -0.25) is 4.98 Å². The van der Waals surface area contributed by atoms with E-state index in [1.807, 2.05) is 71.3 Å². The van der Waals surface area contributed by atoms with Crippen molar-refractivity contribution in [1.82, 2.24) is 14.1 Å². The van der Waals surface area contributed by atoms with Gasteiger partial charge in [0.2, 0.25) is 0 Å². The molecule has 0 aliphatic heterocycles. The zero-order valence-corrected chi connectivity index (χ0v) is 33.1. The number of nitrogens with zero attached hydrogens (tertiary/aromatic N) is 4. The number of alkyl halides is 6. The summed E-state index contributed by atoms with van der Waals surface area (Å²) in [4.78, 5) is 4.24. The highest BCUT2D eigenvalue weighted by Gasteiger charge is 2.38. The Morgan fingerprint density at radius 2 is 1.02 bits per heavy atom. The van der Waals surface area contributed by atoms with E-state index in [4.69, 9.17) is 0 Å². The highest BCUT2D eigenvalue weighted by molar-refractivity contribution is 6.12. The van der Waals surface area contributed by atoms with Crippen LogP contribution in [-0.4, -0.2) is 14.1 Å². The molecular formula is C52H32F6N4. The highest BCUT2D eigenvalue weighted by Crippen LogP contribution is 2.45. The number of aromatic nitrogens is 3. The van der Waals surface area contributed by atoms with Crippen molar-refractivity contribution in [2.45, 2.75) is 26.2 Å². The summed E-state index contributed by atoms with van der Waals surface area (Å²) in [6.45, 7) is 4.14. The fourth-order valence-corrected chi connectivity index (χ4v) is 8.93. The van der Waals surface area contributed by atoms with E-state index in [1.54, 1.807) is 24.5 Å². The summed E-state index contributed by atoms with van der Waals surface area (Å²) < 4.78 is 88.8. The summed E-state index contributed by atoms with van der Waals surface area (Å²) in [7, 11) is 0. The summed E-state index contributed by atoms with van der Waals surface area (Å²) in [6.07, 6.45) is -6.70.